The number of fused-ring (bicyclic) bond motifs is 12. The van der Waals surface area contributed by atoms with Crippen molar-refractivity contribution in [1.82, 2.24) is 24.1 Å². The molecule has 2 unspecified atom stereocenters. The van der Waals surface area contributed by atoms with Gasteiger partial charge in [0.15, 0.2) is 45.9 Å². The summed E-state index contributed by atoms with van der Waals surface area (Å²) in [6.07, 6.45) is 7.67. The number of nitrogens with two attached hydrogens (primary N) is 1. The van der Waals surface area contributed by atoms with Crippen LogP contribution in [-0.2, 0) is 21.2 Å². The first kappa shape index (κ1) is 40.8. The van der Waals surface area contributed by atoms with Crippen molar-refractivity contribution in [2.45, 2.75) is 23.5 Å². The second kappa shape index (κ2) is 14.2. The Morgan fingerprint density at radius 2 is 1.33 bits per heavy atom. The molecule has 0 amide bonds. The maximum atomic E-state index is 15.3. The van der Waals surface area contributed by atoms with Gasteiger partial charge >= 0.3 is 15.6 Å². The van der Waals surface area contributed by atoms with Crippen molar-refractivity contribution >= 4 is 37.8 Å². The Labute approximate surface area is 365 Å². The van der Waals surface area contributed by atoms with E-state index in [4.69, 9.17) is 29.9 Å². The summed E-state index contributed by atoms with van der Waals surface area (Å²) in [5, 5.41) is 0. The number of benzene rings is 4. The minimum absolute atomic E-state index is 0.0913. The number of hydrogen-bond acceptors (Lipinski definition) is 12. The maximum Gasteiger partial charge on any atom is 0.534 e. The fourth-order valence-corrected chi connectivity index (χ4v) is 9.02. The fraction of sp³-hybridized carbons (Fsp3) is 0.119. The van der Waals surface area contributed by atoms with Crippen LogP contribution in [0.2, 0.25) is 0 Å². The molecule has 0 bridgehead atoms. The minimum atomic E-state index is -6.11. The molecule has 11 rings (SSSR count). The van der Waals surface area contributed by atoms with E-state index in [2.05, 4.69) is 35.1 Å². The number of methoxy groups -OCH3 is 1. The van der Waals surface area contributed by atoms with E-state index >= 15 is 4.39 Å². The Balaban J connectivity index is 0.000000162. The van der Waals surface area contributed by atoms with Crippen molar-refractivity contribution in [2.75, 3.05) is 7.11 Å². The monoisotopic (exact) mass is 962 g/mol. The Bertz CT molecular complexity index is 3320. The normalized spacial score (nSPS) is 18.5. The van der Waals surface area contributed by atoms with Gasteiger partial charge in [0.05, 0.1) is 7.11 Å². The van der Waals surface area contributed by atoms with E-state index in [1.807, 2.05) is 12.1 Å². The Kier molecular flexibility index (Phi) is 9.03. The SMILES string of the molecule is CC1=NC2(c3cc(-c4cccnc4F)ccc3Oc3c(F)cc(OS(=O)(=O)C(F)(F)F)cc32)c2nccn21.COc1cc(F)c2c(c1)C1(N=C(N)n3ccnc31)c1cc(Br)ccc1O2. The molecule has 4 aliphatic rings. The summed E-state index contributed by atoms with van der Waals surface area (Å²) in [4.78, 5) is 21.9. The standard InChI is InChI=1S/C24H13F5N4O4S.C18H12BrFN4O2/c1-12-32-23(22-31-7-8-33(12)22)16-9-13(15-3-2-6-30-21(15)26)4-5-19(16)36-20-17(23)10-14(11-18(20)25)37-38(34,35)24(27,28)29;1-25-10-7-12-15(13(20)8-10)26-14-3-2-9(19)6-11(14)18(12)16-22-4-5-24(16)17(21)23-18/h2-11H,1H3;2-8H,1H3,(H2,21,23). The zero-order valence-corrected chi connectivity index (χ0v) is 34.9. The number of imidazole rings is 2. The first-order valence-electron chi connectivity index (χ1n) is 18.6. The van der Waals surface area contributed by atoms with Crippen LogP contribution in [0.4, 0.5) is 26.3 Å². The number of halogens is 7. The number of nitrogens with zero attached hydrogens (tertiary/aromatic N) is 7. The highest BCUT2D eigenvalue weighted by Gasteiger charge is 2.54. The molecule has 7 aromatic rings. The molecule has 7 heterocycles. The van der Waals surface area contributed by atoms with E-state index < -0.39 is 55.8 Å². The lowest BCUT2D eigenvalue weighted by Crippen LogP contribution is -2.32. The summed E-state index contributed by atoms with van der Waals surface area (Å²) >= 11 is 3.49. The van der Waals surface area contributed by atoms with Crippen LogP contribution in [0.5, 0.6) is 34.5 Å². The molecule has 3 aromatic heterocycles. The number of alkyl halides is 3. The van der Waals surface area contributed by atoms with Crippen LogP contribution in [0.1, 0.15) is 40.8 Å². The van der Waals surface area contributed by atoms with Gasteiger partial charge in [0, 0.05) is 75.4 Å². The van der Waals surface area contributed by atoms with E-state index in [1.165, 1.54) is 55.9 Å². The number of ether oxygens (including phenoxy) is 3. The van der Waals surface area contributed by atoms with Crippen LogP contribution in [-0.4, -0.2) is 56.9 Å². The van der Waals surface area contributed by atoms with Gasteiger partial charge in [-0.3, -0.25) is 9.13 Å². The van der Waals surface area contributed by atoms with E-state index in [1.54, 1.807) is 46.8 Å². The molecule has 0 radical (unpaired) electrons. The molecule has 324 valence electrons. The largest absolute Gasteiger partial charge is 0.534 e. The zero-order valence-electron chi connectivity index (χ0n) is 32.5. The van der Waals surface area contributed by atoms with Gasteiger partial charge in [-0.05, 0) is 67.1 Å². The van der Waals surface area contributed by atoms with E-state index in [0.29, 0.717) is 40.4 Å². The van der Waals surface area contributed by atoms with Gasteiger partial charge in [-0.15, -0.1) is 0 Å². The van der Waals surface area contributed by atoms with Crippen LogP contribution in [0.3, 0.4) is 0 Å². The molecule has 2 N–H and O–H groups in total. The molecule has 0 saturated heterocycles. The van der Waals surface area contributed by atoms with Gasteiger partial charge in [0.1, 0.15) is 28.8 Å². The predicted octanol–water partition coefficient (Wildman–Crippen LogP) is 8.50. The first-order valence-corrected chi connectivity index (χ1v) is 20.8. The van der Waals surface area contributed by atoms with Gasteiger partial charge in [-0.2, -0.15) is 26.0 Å². The Morgan fingerprint density at radius 1 is 0.734 bits per heavy atom. The molecule has 22 heteroatoms. The van der Waals surface area contributed by atoms with Crippen molar-refractivity contribution < 1.29 is 53.2 Å². The van der Waals surface area contributed by atoms with Crippen LogP contribution < -0.4 is 24.1 Å². The van der Waals surface area contributed by atoms with Gasteiger partial charge in [-0.1, -0.05) is 22.0 Å². The summed E-state index contributed by atoms with van der Waals surface area (Å²) in [5.74, 6) is -1.31. The Hall–Kier alpha value is -7.20. The van der Waals surface area contributed by atoms with Crippen molar-refractivity contribution in [3.8, 4) is 45.6 Å². The highest BCUT2D eigenvalue weighted by atomic mass is 79.9. The molecule has 4 aromatic carbocycles. The summed E-state index contributed by atoms with van der Waals surface area (Å²) < 4.78 is 132. The molecule has 14 nitrogen and oxygen atoms in total. The molecule has 64 heavy (non-hydrogen) atoms. The molecule has 4 aliphatic heterocycles. The molecule has 0 fully saturated rings. The zero-order chi connectivity index (χ0) is 45.1. The smallest absolute Gasteiger partial charge is 0.497 e. The van der Waals surface area contributed by atoms with Gasteiger partial charge in [0.25, 0.3) is 0 Å². The quantitative estimate of drug-likeness (QED) is 0.0781. The third kappa shape index (κ3) is 5.91. The van der Waals surface area contributed by atoms with Crippen molar-refractivity contribution in [1.29, 1.82) is 0 Å². The lowest BCUT2D eigenvalue weighted by Gasteiger charge is -2.34. The van der Waals surface area contributed by atoms with Crippen molar-refractivity contribution in [2.24, 2.45) is 15.7 Å². The Morgan fingerprint density at radius 3 is 1.98 bits per heavy atom. The summed E-state index contributed by atoms with van der Waals surface area (Å²) in [6.45, 7) is 1.63. The number of aromatic nitrogens is 5. The van der Waals surface area contributed by atoms with Crippen LogP contribution in [0.15, 0.2) is 118 Å². The highest BCUT2D eigenvalue weighted by molar-refractivity contribution is 9.10. The van der Waals surface area contributed by atoms with E-state index in [-0.39, 0.29) is 40.0 Å². The second-order valence-corrected chi connectivity index (χ2v) is 16.9. The molecule has 2 spiro atoms. The number of rotatable bonds is 4. The fourth-order valence-electron chi connectivity index (χ4n) is 8.21. The van der Waals surface area contributed by atoms with Gasteiger partial charge in [-0.25, -0.2) is 33.7 Å². The van der Waals surface area contributed by atoms with Gasteiger partial charge in [0.2, 0.25) is 11.9 Å². The average molecular weight is 964 g/mol. The lowest BCUT2D eigenvalue weighted by atomic mass is 9.79. The lowest BCUT2D eigenvalue weighted by molar-refractivity contribution is -0.0500. The molecular formula is C42H25BrF6N8O6S. The van der Waals surface area contributed by atoms with E-state index in [0.717, 1.165) is 16.1 Å². The van der Waals surface area contributed by atoms with Gasteiger partial charge < -0.3 is 24.1 Å². The predicted molar refractivity (Wildman–Crippen MR) is 219 cm³/mol. The third-order valence-electron chi connectivity index (χ3n) is 10.9. The third-order valence-corrected chi connectivity index (χ3v) is 12.3. The number of pyridine rings is 1. The number of hydrogen-bond donors (Lipinski definition) is 1. The molecule has 2 atom stereocenters. The number of aliphatic imine (C=N–C) groups is 2. The van der Waals surface area contributed by atoms with Crippen molar-refractivity contribution in [3.05, 3.63) is 160 Å². The van der Waals surface area contributed by atoms with Crippen LogP contribution in [0, 0.1) is 17.6 Å². The van der Waals surface area contributed by atoms with Crippen LogP contribution >= 0.6 is 15.9 Å². The summed E-state index contributed by atoms with van der Waals surface area (Å²) in [6, 6.07) is 17.4. The molecule has 0 aliphatic carbocycles. The topological polar surface area (TPSA) is 170 Å². The second-order valence-electron chi connectivity index (χ2n) is 14.4. The molecular weight excluding hydrogens is 938 g/mol. The molecule has 0 saturated carbocycles. The van der Waals surface area contributed by atoms with E-state index in [9.17, 15) is 30.4 Å². The van der Waals surface area contributed by atoms with Crippen molar-refractivity contribution in [3.63, 3.8) is 0 Å². The summed E-state index contributed by atoms with van der Waals surface area (Å²) in [7, 11) is -4.63. The highest BCUT2D eigenvalue weighted by Crippen LogP contribution is 2.58. The maximum absolute atomic E-state index is 15.3. The van der Waals surface area contributed by atoms with Crippen LogP contribution in [0.25, 0.3) is 11.1 Å². The average Bonchev–Trinajstić information content (AvgIpc) is 4.05. The first-order chi connectivity index (χ1) is 30.5. The summed E-state index contributed by atoms with van der Waals surface area (Å²) in [5.41, 5.74) is -0.614. The minimum Gasteiger partial charge on any atom is -0.497 e.